The molecule has 0 bridgehead atoms. The zero-order valence-corrected chi connectivity index (χ0v) is 19.7. The highest BCUT2D eigenvalue weighted by Crippen LogP contribution is 2.36. The van der Waals surface area contributed by atoms with Crippen molar-refractivity contribution in [3.05, 3.63) is 40.8 Å². The Morgan fingerprint density at radius 1 is 1.15 bits per heavy atom. The zero-order chi connectivity index (χ0) is 24.1. The molecular formula is C23H30N6O4S. The standard InChI is InChI=1S/C23H30N6O4S/c24-22(31)27-18-12-19(16-4-1-3-15(11-16)13-28-9-6-26-7-10-28)34-20(18)21(30)33-17-5-2-8-29(14-17)23(25)32/h1,3-4,11-12,17,26H,2,5-10,13-14H2,(H2,25,32)(H3,24,27,31). The van der Waals surface area contributed by atoms with Gasteiger partial charge in [-0.3, -0.25) is 4.90 Å². The van der Waals surface area contributed by atoms with Crippen molar-refractivity contribution in [2.24, 2.45) is 11.5 Å². The second-order valence-corrected chi connectivity index (χ2v) is 9.58. The molecule has 2 aliphatic heterocycles. The number of nitrogens with zero attached hydrogens (tertiary/aromatic N) is 2. The molecule has 3 heterocycles. The molecular weight excluding hydrogens is 456 g/mol. The van der Waals surface area contributed by atoms with Crippen molar-refractivity contribution in [3.8, 4) is 10.4 Å². The van der Waals surface area contributed by atoms with Crippen molar-refractivity contribution < 1.29 is 19.1 Å². The normalized spacial score (nSPS) is 18.9. The van der Waals surface area contributed by atoms with Gasteiger partial charge in [-0.25, -0.2) is 14.4 Å². The summed E-state index contributed by atoms with van der Waals surface area (Å²) >= 11 is 1.24. The number of carbonyl (C=O) groups is 3. The quantitative estimate of drug-likeness (QED) is 0.460. The lowest BCUT2D eigenvalue weighted by Crippen LogP contribution is -2.46. The second-order valence-electron chi connectivity index (χ2n) is 8.52. The van der Waals surface area contributed by atoms with Gasteiger partial charge in [0, 0.05) is 44.1 Å². The van der Waals surface area contributed by atoms with Crippen LogP contribution < -0.4 is 22.1 Å². The minimum atomic E-state index is -0.761. The number of urea groups is 2. The van der Waals surface area contributed by atoms with E-state index in [0.717, 1.165) is 43.2 Å². The molecule has 4 rings (SSSR count). The van der Waals surface area contributed by atoms with Crippen molar-refractivity contribution >= 4 is 35.1 Å². The highest BCUT2D eigenvalue weighted by atomic mass is 32.1. The Morgan fingerprint density at radius 3 is 2.68 bits per heavy atom. The van der Waals surface area contributed by atoms with Crippen LogP contribution in [0.4, 0.5) is 15.3 Å². The molecule has 2 fully saturated rings. The Hall–Kier alpha value is -3.15. The summed E-state index contributed by atoms with van der Waals surface area (Å²) in [6.07, 6.45) is 0.881. The summed E-state index contributed by atoms with van der Waals surface area (Å²) in [5.74, 6) is -0.562. The van der Waals surface area contributed by atoms with E-state index in [1.807, 2.05) is 12.1 Å². The van der Waals surface area contributed by atoms with Gasteiger partial charge in [0.2, 0.25) is 0 Å². The molecule has 0 spiro atoms. The molecule has 1 aromatic heterocycles. The Labute approximate surface area is 202 Å². The van der Waals surface area contributed by atoms with Crippen molar-refractivity contribution in [2.75, 3.05) is 44.6 Å². The van der Waals surface area contributed by atoms with Gasteiger partial charge in [-0.15, -0.1) is 11.3 Å². The van der Waals surface area contributed by atoms with Crippen LogP contribution in [0.15, 0.2) is 30.3 Å². The smallest absolute Gasteiger partial charge is 0.350 e. The number of amides is 4. The fourth-order valence-corrected chi connectivity index (χ4v) is 5.29. The van der Waals surface area contributed by atoms with E-state index in [9.17, 15) is 14.4 Å². The average molecular weight is 487 g/mol. The fraction of sp³-hybridized carbons (Fsp3) is 0.435. The zero-order valence-electron chi connectivity index (χ0n) is 18.9. The highest BCUT2D eigenvalue weighted by molar-refractivity contribution is 7.18. The topological polar surface area (TPSA) is 143 Å². The Balaban J connectivity index is 1.52. The van der Waals surface area contributed by atoms with E-state index in [2.05, 4.69) is 27.7 Å². The van der Waals surface area contributed by atoms with Crippen LogP contribution in [0, 0.1) is 0 Å². The molecule has 10 nitrogen and oxygen atoms in total. The lowest BCUT2D eigenvalue weighted by Gasteiger charge is -2.31. The predicted molar refractivity (Wildman–Crippen MR) is 131 cm³/mol. The molecule has 0 radical (unpaired) electrons. The van der Waals surface area contributed by atoms with Crippen molar-refractivity contribution in [3.63, 3.8) is 0 Å². The molecule has 1 unspecified atom stereocenters. The van der Waals surface area contributed by atoms with Crippen molar-refractivity contribution in [1.82, 2.24) is 15.1 Å². The number of piperazine rings is 1. The van der Waals surface area contributed by atoms with Crippen LogP contribution in [-0.4, -0.2) is 73.2 Å². The maximum Gasteiger partial charge on any atom is 0.350 e. The molecule has 1 atom stereocenters. The average Bonchev–Trinajstić information content (AvgIpc) is 3.23. The van der Waals surface area contributed by atoms with E-state index in [0.29, 0.717) is 25.1 Å². The number of carbonyl (C=O) groups excluding carboxylic acids is 3. The number of primary amides is 2. The SMILES string of the molecule is NC(=O)Nc1cc(-c2cccc(CN3CCNCC3)c2)sc1C(=O)OC1CCCN(C(N)=O)C1. The molecule has 2 aliphatic rings. The summed E-state index contributed by atoms with van der Waals surface area (Å²) in [5.41, 5.74) is 13.1. The second kappa shape index (κ2) is 10.9. The van der Waals surface area contributed by atoms with Crippen LogP contribution in [0.3, 0.4) is 0 Å². The van der Waals surface area contributed by atoms with E-state index in [1.165, 1.54) is 21.8 Å². The first-order valence-electron chi connectivity index (χ1n) is 11.4. The van der Waals surface area contributed by atoms with Crippen LogP contribution in [-0.2, 0) is 11.3 Å². The highest BCUT2D eigenvalue weighted by Gasteiger charge is 2.28. The number of nitrogens with two attached hydrogens (primary N) is 2. The fourth-order valence-electron chi connectivity index (χ4n) is 4.30. The number of rotatable bonds is 6. The monoisotopic (exact) mass is 486 g/mol. The number of piperidine rings is 1. The minimum absolute atomic E-state index is 0.256. The molecule has 0 aliphatic carbocycles. The largest absolute Gasteiger partial charge is 0.456 e. The Morgan fingerprint density at radius 2 is 1.94 bits per heavy atom. The molecule has 182 valence electrons. The molecule has 2 aromatic rings. The lowest BCUT2D eigenvalue weighted by atomic mass is 10.1. The lowest BCUT2D eigenvalue weighted by molar-refractivity contribution is 0.0134. The molecule has 1 aromatic carbocycles. The summed E-state index contributed by atoms with van der Waals surface area (Å²) < 4.78 is 5.67. The van der Waals surface area contributed by atoms with E-state index >= 15 is 0 Å². The first-order valence-corrected chi connectivity index (χ1v) is 12.2. The predicted octanol–water partition coefficient (Wildman–Crippen LogP) is 2.01. The number of thiophene rings is 1. The van der Waals surface area contributed by atoms with Gasteiger partial charge in [-0.1, -0.05) is 18.2 Å². The molecule has 6 N–H and O–H groups in total. The number of nitrogens with one attached hydrogen (secondary N) is 2. The summed E-state index contributed by atoms with van der Waals surface area (Å²) in [6, 6.07) is 8.60. The van der Waals surface area contributed by atoms with Gasteiger partial charge in [-0.2, -0.15) is 0 Å². The van der Waals surface area contributed by atoms with E-state index in [1.54, 1.807) is 6.07 Å². The van der Waals surface area contributed by atoms with E-state index in [-0.39, 0.29) is 11.4 Å². The van der Waals surface area contributed by atoms with E-state index in [4.69, 9.17) is 16.2 Å². The number of anilines is 1. The van der Waals surface area contributed by atoms with Crippen molar-refractivity contribution in [2.45, 2.75) is 25.5 Å². The molecule has 34 heavy (non-hydrogen) atoms. The summed E-state index contributed by atoms with van der Waals surface area (Å²) in [7, 11) is 0. The summed E-state index contributed by atoms with van der Waals surface area (Å²) in [5, 5.41) is 5.89. The summed E-state index contributed by atoms with van der Waals surface area (Å²) in [6.45, 7) is 5.62. The minimum Gasteiger partial charge on any atom is -0.456 e. The van der Waals surface area contributed by atoms with Crippen molar-refractivity contribution in [1.29, 1.82) is 0 Å². The molecule has 0 saturated carbocycles. The number of benzene rings is 1. The molecule has 11 heteroatoms. The van der Waals surface area contributed by atoms with Crippen LogP contribution in [0.2, 0.25) is 0 Å². The first kappa shape index (κ1) is 24.0. The van der Waals surface area contributed by atoms with Gasteiger partial charge in [-0.05, 0) is 36.1 Å². The van der Waals surface area contributed by atoms with Crippen LogP contribution >= 0.6 is 11.3 Å². The van der Waals surface area contributed by atoms with E-state index < -0.39 is 24.1 Å². The van der Waals surface area contributed by atoms with Gasteiger partial charge in [0.25, 0.3) is 0 Å². The summed E-state index contributed by atoms with van der Waals surface area (Å²) in [4.78, 5) is 41.0. The van der Waals surface area contributed by atoms with Gasteiger partial charge >= 0.3 is 18.0 Å². The van der Waals surface area contributed by atoms with Gasteiger partial charge < -0.3 is 31.7 Å². The first-order chi connectivity index (χ1) is 16.4. The third-order valence-electron chi connectivity index (χ3n) is 5.97. The third kappa shape index (κ3) is 6.04. The number of hydrogen-bond acceptors (Lipinski definition) is 7. The van der Waals surface area contributed by atoms with Crippen LogP contribution in [0.5, 0.6) is 0 Å². The molecule has 4 amide bonds. The third-order valence-corrected chi connectivity index (χ3v) is 7.13. The Bertz CT molecular complexity index is 1050. The van der Waals surface area contributed by atoms with Crippen LogP contribution in [0.25, 0.3) is 10.4 Å². The molecule has 2 saturated heterocycles. The number of likely N-dealkylation sites (tertiary alicyclic amines) is 1. The van der Waals surface area contributed by atoms with Gasteiger partial charge in [0.1, 0.15) is 11.0 Å². The van der Waals surface area contributed by atoms with Crippen LogP contribution in [0.1, 0.15) is 28.1 Å². The number of hydrogen-bond donors (Lipinski definition) is 4. The van der Waals surface area contributed by atoms with Gasteiger partial charge in [0.05, 0.1) is 12.2 Å². The Kier molecular flexibility index (Phi) is 7.66. The maximum absolute atomic E-state index is 13.0. The number of ether oxygens (including phenoxy) is 1. The number of esters is 1. The van der Waals surface area contributed by atoms with Gasteiger partial charge in [0.15, 0.2) is 0 Å². The maximum atomic E-state index is 13.0.